The number of nitrogens with zero attached hydrogens (tertiary/aromatic N) is 2. The fraction of sp³-hybridized carbons (Fsp3) is 0.700. The third-order valence-corrected chi connectivity index (χ3v) is 3.30. The van der Waals surface area contributed by atoms with E-state index in [1.54, 1.807) is 0 Å². The topological polar surface area (TPSA) is 75.8 Å². The molecule has 5 nitrogen and oxygen atoms in total. The molecular formula is C10H15N3O2. The molecule has 82 valence electrons. The maximum absolute atomic E-state index is 11.0. The highest BCUT2D eigenvalue weighted by Crippen LogP contribution is 2.48. The summed E-state index contributed by atoms with van der Waals surface area (Å²) in [6, 6.07) is -0.829. The fourth-order valence-corrected chi connectivity index (χ4v) is 2.48. The number of carbonyl (C=O) groups excluding carboxylic acids is 1. The number of carbonyl (C=O) groups is 1. The minimum Gasteiger partial charge on any atom is -0.350 e. The molecule has 0 saturated heterocycles. The average molecular weight is 209 g/mol. The average Bonchev–Trinajstić information content (AvgIpc) is 2.77. The Bertz CT molecular complexity index is 303. The van der Waals surface area contributed by atoms with Crippen LogP contribution in [0.5, 0.6) is 0 Å². The monoisotopic (exact) mass is 209 g/mol. The van der Waals surface area contributed by atoms with Crippen molar-refractivity contribution in [2.24, 2.45) is 22.9 Å². The van der Waals surface area contributed by atoms with Gasteiger partial charge in [0.1, 0.15) is 0 Å². The lowest BCUT2D eigenvalue weighted by Crippen LogP contribution is -2.34. The summed E-state index contributed by atoms with van der Waals surface area (Å²) in [6.07, 6.45) is 8.68. The Labute approximate surface area is 88.2 Å². The number of allylic oxidation sites excluding steroid dienone is 1. The number of nitroso groups, excluding NO2 is 1. The highest BCUT2D eigenvalue weighted by atomic mass is 16.3. The van der Waals surface area contributed by atoms with Crippen molar-refractivity contribution in [3.8, 4) is 0 Å². The predicted molar refractivity (Wildman–Crippen MR) is 55.6 cm³/mol. The number of rotatable bonds is 2. The quantitative estimate of drug-likeness (QED) is 0.427. The maximum Gasteiger partial charge on any atom is 0.338 e. The van der Waals surface area contributed by atoms with Gasteiger partial charge in [-0.05, 0) is 25.2 Å². The molecule has 1 saturated carbocycles. The van der Waals surface area contributed by atoms with Gasteiger partial charge < -0.3 is 5.73 Å². The van der Waals surface area contributed by atoms with Gasteiger partial charge in [-0.15, -0.1) is 4.91 Å². The minimum atomic E-state index is -0.741. The third-order valence-electron chi connectivity index (χ3n) is 3.30. The summed E-state index contributed by atoms with van der Waals surface area (Å²) in [5.41, 5.74) is 5.09. The van der Waals surface area contributed by atoms with Gasteiger partial charge in [0.25, 0.3) is 0 Å². The number of primary amides is 1. The zero-order valence-electron chi connectivity index (χ0n) is 8.50. The molecule has 2 rings (SSSR count). The summed E-state index contributed by atoms with van der Waals surface area (Å²) in [5, 5.41) is 3.60. The Morgan fingerprint density at radius 3 is 2.93 bits per heavy atom. The first-order chi connectivity index (χ1) is 7.25. The Hall–Kier alpha value is -1.39. The van der Waals surface area contributed by atoms with Crippen LogP contribution in [0.15, 0.2) is 17.4 Å². The van der Waals surface area contributed by atoms with E-state index in [0.29, 0.717) is 5.92 Å². The molecule has 0 bridgehead atoms. The molecule has 0 aromatic carbocycles. The van der Waals surface area contributed by atoms with Crippen molar-refractivity contribution in [3.63, 3.8) is 0 Å². The lowest BCUT2D eigenvalue weighted by molar-refractivity contribution is 0.202. The largest absolute Gasteiger partial charge is 0.350 e. The summed E-state index contributed by atoms with van der Waals surface area (Å²) >= 11 is 0. The first kappa shape index (κ1) is 10.1. The van der Waals surface area contributed by atoms with Crippen LogP contribution in [0.4, 0.5) is 4.79 Å². The van der Waals surface area contributed by atoms with Gasteiger partial charge in [0.05, 0.1) is 11.3 Å². The summed E-state index contributed by atoms with van der Waals surface area (Å²) in [5.74, 6) is 0.669. The second-order valence-corrected chi connectivity index (χ2v) is 4.21. The Morgan fingerprint density at radius 2 is 2.27 bits per heavy atom. The maximum atomic E-state index is 11.0. The van der Waals surface area contributed by atoms with Crippen molar-refractivity contribution >= 4 is 6.03 Å². The van der Waals surface area contributed by atoms with E-state index in [1.807, 2.05) is 0 Å². The third kappa shape index (κ3) is 1.86. The smallest absolute Gasteiger partial charge is 0.338 e. The van der Waals surface area contributed by atoms with E-state index < -0.39 is 6.03 Å². The van der Waals surface area contributed by atoms with Crippen molar-refractivity contribution in [1.82, 2.24) is 5.01 Å². The number of urea groups is 1. The molecule has 0 aliphatic heterocycles. The molecule has 0 unspecified atom stereocenters. The molecule has 3 atom stereocenters. The van der Waals surface area contributed by atoms with Gasteiger partial charge in [-0.25, -0.2) is 4.79 Å². The fourth-order valence-electron chi connectivity index (χ4n) is 2.48. The Balaban J connectivity index is 2.06. The second kappa shape index (κ2) is 4.00. The number of hydrogen-bond donors (Lipinski definition) is 1. The van der Waals surface area contributed by atoms with E-state index in [-0.39, 0.29) is 12.0 Å². The zero-order chi connectivity index (χ0) is 10.8. The number of hydrogen-bond acceptors (Lipinski definition) is 3. The van der Waals surface area contributed by atoms with E-state index in [2.05, 4.69) is 17.4 Å². The molecule has 1 fully saturated rings. The van der Waals surface area contributed by atoms with Crippen LogP contribution in [-0.4, -0.2) is 17.1 Å². The molecule has 15 heavy (non-hydrogen) atoms. The van der Waals surface area contributed by atoms with Crippen LogP contribution in [0.3, 0.4) is 0 Å². The second-order valence-electron chi connectivity index (χ2n) is 4.21. The van der Waals surface area contributed by atoms with Crippen molar-refractivity contribution in [2.75, 3.05) is 0 Å². The Kier molecular flexibility index (Phi) is 2.70. The van der Waals surface area contributed by atoms with Gasteiger partial charge in [-0.2, -0.15) is 5.01 Å². The summed E-state index contributed by atoms with van der Waals surface area (Å²) < 4.78 is 0. The van der Waals surface area contributed by atoms with Crippen LogP contribution in [0.25, 0.3) is 0 Å². The lowest BCUT2D eigenvalue weighted by atomic mass is 10.1. The molecule has 0 radical (unpaired) electrons. The molecule has 0 aromatic rings. The van der Waals surface area contributed by atoms with Crippen LogP contribution < -0.4 is 5.73 Å². The molecule has 0 spiro atoms. The highest BCUT2D eigenvalue weighted by Gasteiger charge is 2.53. The Morgan fingerprint density at radius 1 is 1.47 bits per heavy atom. The van der Waals surface area contributed by atoms with E-state index in [0.717, 1.165) is 24.3 Å². The van der Waals surface area contributed by atoms with Gasteiger partial charge in [0.15, 0.2) is 0 Å². The summed E-state index contributed by atoms with van der Waals surface area (Å²) in [4.78, 5) is 21.5. The molecule has 2 aliphatic carbocycles. The summed E-state index contributed by atoms with van der Waals surface area (Å²) in [6.45, 7) is 0. The van der Waals surface area contributed by atoms with E-state index in [4.69, 9.17) is 5.73 Å². The van der Waals surface area contributed by atoms with Crippen molar-refractivity contribution in [3.05, 3.63) is 17.1 Å². The van der Waals surface area contributed by atoms with E-state index >= 15 is 0 Å². The van der Waals surface area contributed by atoms with Gasteiger partial charge >= 0.3 is 6.03 Å². The van der Waals surface area contributed by atoms with Crippen molar-refractivity contribution in [1.29, 1.82) is 0 Å². The number of fused-ring (bicyclic) bond motifs is 1. The number of nitrogens with two attached hydrogens (primary N) is 1. The van der Waals surface area contributed by atoms with Gasteiger partial charge in [-0.3, -0.25) is 0 Å². The molecule has 5 heteroatoms. The molecule has 2 aliphatic rings. The van der Waals surface area contributed by atoms with Gasteiger partial charge in [-0.1, -0.05) is 18.6 Å². The molecule has 0 heterocycles. The van der Waals surface area contributed by atoms with Crippen LogP contribution >= 0.6 is 0 Å². The summed E-state index contributed by atoms with van der Waals surface area (Å²) in [7, 11) is 0. The van der Waals surface area contributed by atoms with Crippen LogP contribution in [0, 0.1) is 16.7 Å². The van der Waals surface area contributed by atoms with Crippen molar-refractivity contribution in [2.45, 2.75) is 31.7 Å². The minimum absolute atomic E-state index is 0.0886. The standard InChI is InChI=1S/C10H15N3O2/c11-10(14)13(12-15)9-7-5-3-1-2-4-6-8(7)9/h3,5,7-9H,1-2,4,6H2,(H2,11,14)/t7-,8+,9+/m0/s1. The van der Waals surface area contributed by atoms with Crippen LogP contribution in [0.2, 0.25) is 0 Å². The molecular weight excluding hydrogens is 194 g/mol. The molecule has 2 N–H and O–H groups in total. The first-order valence-electron chi connectivity index (χ1n) is 5.34. The predicted octanol–water partition coefficient (Wildman–Crippen LogP) is 1.79. The SMILES string of the molecule is NC(=O)N(N=O)[C@@H]1[C@H]2C=CCCCC[C@H]21. The molecule has 0 aromatic heterocycles. The zero-order valence-corrected chi connectivity index (χ0v) is 8.50. The highest BCUT2D eigenvalue weighted by molar-refractivity contribution is 5.72. The van der Waals surface area contributed by atoms with E-state index in [1.165, 1.54) is 6.42 Å². The van der Waals surface area contributed by atoms with Crippen molar-refractivity contribution < 1.29 is 4.79 Å². The lowest BCUT2D eigenvalue weighted by Gasteiger charge is -2.09. The van der Waals surface area contributed by atoms with Crippen LogP contribution in [-0.2, 0) is 0 Å². The first-order valence-corrected chi connectivity index (χ1v) is 5.34. The molecule has 2 amide bonds. The van der Waals surface area contributed by atoms with E-state index in [9.17, 15) is 9.70 Å². The van der Waals surface area contributed by atoms with Gasteiger partial charge in [0.2, 0.25) is 0 Å². The normalized spacial score (nSPS) is 33.5. The van der Waals surface area contributed by atoms with Crippen LogP contribution in [0.1, 0.15) is 25.7 Å². The van der Waals surface area contributed by atoms with Gasteiger partial charge in [0, 0.05) is 5.92 Å². The number of amides is 2.